The number of anilines is 1. The van der Waals surface area contributed by atoms with Gasteiger partial charge in [-0.1, -0.05) is 35.5 Å². The van der Waals surface area contributed by atoms with Gasteiger partial charge in [0.2, 0.25) is 5.91 Å². The average Bonchev–Trinajstić information content (AvgIpc) is 3.13. The Balaban J connectivity index is 1.72. The van der Waals surface area contributed by atoms with Crippen LogP contribution < -0.4 is 10.1 Å². The Morgan fingerprint density at radius 2 is 2.03 bits per heavy atom. The van der Waals surface area contributed by atoms with Crippen molar-refractivity contribution in [2.45, 2.75) is 25.2 Å². The van der Waals surface area contributed by atoms with Crippen molar-refractivity contribution >= 4 is 35.0 Å². The Hall–Kier alpha value is -2.91. The van der Waals surface area contributed by atoms with E-state index in [2.05, 4.69) is 26.8 Å². The first kappa shape index (κ1) is 22.8. The Morgan fingerprint density at radius 1 is 1.29 bits per heavy atom. The smallest absolute Gasteiger partial charge is 0.387 e. The highest BCUT2D eigenvalue weighted by atomic mass is 35.5. The van der Waals surface area contributed by atoms with Crippen molar-refractivity contribution in [3.8, 4) is 17.1 Å². The number of nitrogens with one attached hydrogen (secondary N) is 1. The van der Waals surface area contributed by atoms with E-state index in [1.807, 2.05) is 6.92 Å². The third kappa shape index (κ3) is 5.83. The van der Waals surface area contributed by atoms with Gasteiger partial charge >= 0.3 is 6.61 Å². The van der Waals surface area contributed by atoms with E-state index < -0.39 is 6.61 Å². The molecule has 0 spiro atoms. The molecule has 2 aromatic carbocycles. The number of allylic oxidation sites excluding steroid dienone is 1. The number of thioether (sulfide) groups is 1. The highest BCUT2D eigenvalue weighted by Crippen LogP contribution is 2.27. The minimum atomic E-state index is -2.89. The maximum Gasteiger partial charge on any atom is 0.387 e. The first-order valence-electron chi connectivity index (χ1n) is 9.16. The molecule has 3 aromatic rings. The second kappa shape index (κ2) is 10.4. The fourth-order valence-electron chi connectivity index (χ4n) is 2.75. The number of nitrogens with zero attached hydrogens (tertiary/aromatic N) is 3. The molecular weight excluding hydrogens is 446 g/mol. The highest BCUT2D eigenvalue weighted by molar-refractivity contribution is 7.99. The molecule has 1 heterocycles. The van der Waals surface area contributed by atoms with Gasteiger partial charge in [0.25, 0.3) is 0 Å². The van der Waals surface area contributed by atoms with Gasteiger partial charge in [-0.2, -0.15) is 8.78 Å². The van der Waals surface area contributed by atoms with Crippen LogP contribution in [0.5, 0.6) is 5.75 Å². The second-order valence-electron chi connectivity index (χ2n) is 6.36. The maximum atomic E-state index is 12.4. The summed E-state index contributed by atoms with van der Waals surface area (Å²) < 4.78 is 30.8. The van der Waals surface area contributed by atoms with Crippen LogP contribution in [0.3, 0.4) is 0 Å². The number of carbonyl (C=O) groups is 1. The third-order valence-electron chi connectivity index (χ3n) is 4.24. The van der Waals surface area contributed by atoms with Crippen molar-refractivity contribution in [1.82, 2.24) is 14.8 Å². The first-order valence-corrected chi connectivity index (χ1v) is 10.5. The topological polar surface area (TPSA) is 69.0 Å². The molecule has 0 fully saturated rings. The number of rotatable bonds is 9. The van der Waals surface area contributed by atoms with E-state index in [9.17, 15) is 13.6 Å². The number of hydrogen-bond donors (Lipinski definition) is 1. The lowest BCUT2D eigenvalue weighted by Gasteiger charge is -2.10. The molecule has 31 heavy (non-hydrogen) atoms. The van der Waals surface area contributed by atoms with Crippen LogP contribution in [-0.4, -0.2) is 33.0 Å². The molecule has 0 unspecified atom stereocenters. The molecule has 162 valence electrons. The summed E-state index contributed by atoms with van der Waals surface area (Å²) in [4.78, 5) is 12.4. The van der Waals surface area contributed by atoms with Crippen molar-refractivity contribution in [3.63, 3.8) is 0 Å². The second-order valence-corrected chi connectivity index (χ2v) is 7.71. The van der Waals surface area contributed by atoms with Gasteiger partial charge in [0.05, 0.1) is 5.75 Å². The Kier molecular flexibility index (Phi) is 7.64. The Labute approximate surface area is 187 Å². The van der Waals surface area contributed by atoms with Crippen LogP contribution in [-0.2, 0) is 11.3 Å². The van der Waals surface area contributed by atoms with Gasteiger partial charge in [-0.15, -0.1) is 16.8 Å². The fraction of sp³-hybridized carbons (Fsp3) is 0.190. The lowest BCUT2D eigenvalue weighted by molar-refractivity contribution is -0.113. The Bertz CT molecular complexity index is 1070. The molecule has 0 aliphatic rings. The van der Waals surface area contributed by atoms with E-state index in [-0.39, 0.29) is 17.4 Å². The number of ether oxygens (including phenoxy) is 1. The molecule has 0 atom stereocenters. The average molecular weight is 465 g/mol. The zero-order valence-electron chi connectivity index (χ0n) is 16.5. The van der Waals surface area contributed by atoms with Gasteiger partial charge in [0.15, 0.2) is 11.0 Å². The van der Waals surface area contributed by atoms with E-state index >= 15 is 0 Å². The fourth-order valence-corrected chi connectivity index (χ4v) is 3.67. The van der Waals surface area contributed by atoms with Crippen LogP contribution in [0.4, 0.5) is 14.5 Å². The van der Waals surface area contributed by atoms with Crippen molar-refractivity contribution in [2.75, 3.05) is 11.1 Å². The first-order chi connectivity index (χ1) is 14.9. The molecule has 3 rings (SSSR count). The molecule has 0 bridgehead atoms. The van der Waals surface area contributed by atoms with Crippen molar-refractivity contribution in [3.05, 3.63) is 65.7 Å². The summed E-state index contributed by atoms with van der Waals surface area (Å²) in [6, 6.07) is 11.4. The summed E-state index contributed by atoms with van der Waals surface area (Å²) in [5, 5.41) is 12.3. The summed E-state index contributed by atoms with van der Waals surface area (Å²) in [5.74, 6) is 0.481. The quantitative estimate of drug-likeness (QED) is 0.338. The summed E-state index contributed by atoms with van der Waals surface area (Å²) in [7, 11) is 0. The van der Waals surface area contributed by atoms with E-state index in [1.54, 1.807) is 41.0 Å². The summed E-state index contributed by atoms with van der Waals surface area (Å²) >= 11 is 7.31. The number of alkyl halides is 2. The minimum Gasteiger partial charge on any atom is -0.435 e. The Morgan fingerprint density at radius 3 is 2.71 bits per heavy atom. The van der Waals surface area contributed by atoms with Crippen molar-refractivity contribution in [2.24, 2.45) is 0 Å². The number of amides is 1. The van der Waals surface area contributed by atoms with E-state index in [0.717, 1.165) is 5.56 Å². The highest BCUT2D eigenvalue weighted by Gasteiger charge is 2.16. The van der Waals surface area contributed by atoms with Gasteiger partial charge in [-0.3, -0.25) is 9.36 Å². The molecule has 6 nitrogen and oxygen atoms in total. The predicted molar refractivity (Wildman–Crippen MR) is 118 cm³/mol. The van der Waals surface area contributed by atoms with Crippen molar-refractivity contribution in [1.29, 1.82) is 0 Å². The van der Waals surface area contributed by atoms with Crippen molar-refractivity contribution < 1.29 is 18.3 Å². The van der Waals surface area contributed by atoms with Gasteiger partial charge in [-0.05, 0) is 48.9 Å². The minimum absolute atomic E-state index is 0.0520. The van der Waals surface area contributed by atoms with E-state index in [1.165, 1.54) is 23.9 Å². The third-order valence-corrected chi connectivity index (χ3v) is 5.62. The normalized spacial score (nSPS) is 10.9. The molecule has 1 amide bonds. The molecule has 0 saturated carbocycles. The van der Waals surface area contributed by atoms with E-state index in [4.69, 9.17) is 11.6 Å². The molecule has 0 saturated heterocycles. The lowest BCUT2D eigenvalue weighted by atomic mass is 10.2. The molecule has 1 aromatic heterocycles. The molecule has 0 radical (unpaired) electrons. The summed E-state index contributed by atoms with van der Waals surface area (Å²) in [5.41, 5.74) is 2.11. The van der Waals surface area contributed by atoms with Crippen LogP contribution in [0.25, 0.3) is 11.4 Å². The van der Waals surface area contributed by atoms with Gasteiger partial charge in [0.1, 0.15) is 5.75 Å². The zero-order chi connectivity index (χ0) is 22.4. The maximum absolute atomic E-state index is 12.4. The molecule has 10 heteroatoms. The number of hydrogen-bond acceptors (Lipinski definition) is 5. The van der Waals surface area contributed by atoms with Crippen LogP contribution in [0.1, 0.15) is 5.56 Å². The number of aromatic nitrogens is 3. The van der Waals surface area contributed by atoms with Crippen LogP contribution in [0.15, 0.2) is 60.3 Å². The SMILES string of the molecule is C=CCn1c(SCC(=O)Nc2cccc(Cl)c2C)nnc1-c1ccc(OC(F)F)cc1. The standard InChI is InChI=1S/C21H19ClF2N4O2S/c1-3-11-28-19(14-7-9-15(10-8-14)30-20(23)24)26-27-21(28)31-12-18(29)25-17-6-4-5-16(22)13(17)2/h3-10,20H,1,11-12H2,2H3,(H,25,29). The van der Waals surface area contributed by atoms with Crippen LogP contribution in [0.2, 0.25) is 5.02 Å². The van der Waals surface area contributed by atoms with Gasteiger partial charge in [-0.25, -0.2) is 0 Å². The van der Waals surface area contributed by atoms with Gasteiger partial charge in [0, 0.05) is 22.8 Å². The molecule has 0 aliphatic heterocycles. The monoisotopic (exact) mass is 464 g/mol. The molecular formula is C21H19ClF2N4O2S. The summed E-state index contributed by atoms with van der Waals surface area (Å²) in [6.45, 7) is 3.10. The molecule has 0 aliphatic carbocycles. The van der Waals surface area contributed by atoms with E-state index in [0.29, 0.717) is 33.8 Å². The van der Waals surface area contributed by atoms with Gasteiger partial charge < -0.3 is 10.1 Å². The zero-order valence-corrected chi connectivity index (χ0v) is 18.1. The molecule has 1 N–H and O–H groups in total. The predicted octanol–water partition coefficient (Wildman–Crippen LogP) is 5.43. The number of benzene rings is 2. The van der Waals surface area contributed by atoms with Crippen LogP contribution >= 0.6 is 23.4 Å². The number of carbonyl (C=O) groups excluding carboxylic acids is 1. The largest absolute Gasteiger partial charge is 0.435 e. The van der Waals surface area contributed by atoms with Crippen LogP contribution in [0, 0.1) is 6.92 Å². The lowest BCUT2D eigenvalue weighted by Crippen LogP contribution is -2.15. The number of halogens is 3. The summed E-state index contributed by atoms with van der Waals surface area (Å²) in [6.07, 6.45) is 1.68.